The van der Waals surface area contributed by atoms with Crippen LogP contribution in [-0.2, 0) is 17.3 Å². The smallest absolute Gasteiger partial charge is 0.221 e. The summed E-state index contributed by atoms with van der Waals surface area (Å²) in [6.07, 6.45) is 4.72. The van der Waals surface area contributed by atoms with Crippen molar-refractivity contribution in [1.29, 1.82) is 0 Å². The van der Waals surface area contributed by atoms with Crippen molar-refractivity contribution in [3.63, 3.8) is 0 Å². The van der Waals surface area contributed by atoms with Gasteiger partial charge in [-0.15, -0.1) is 10.2 Å². The Morgan fingerprint density at radius 1 is 1.32 bits per heavy atom. The van der Waals surface area contributed by atoms with E-state index in [0.29, 0.717) is 23.4 Å². The highest BCUT2D eigenvalue weighted by atomic mass is 32.2. The molecule has 3 aromatic rings. The molecule has 0 aliphatic heterocycles. The van der Waals surface area contributed by atoms with Crippen molar-refractivity contribution < 1.29 is 13.4 Å². The van der Waals surface area contributed by atoms with E-state index in [4.69, 9.17) is 9.15 Å². The van der Waals surface area contributed by atoms with Crippen LogP contribution in [0.2, 0.25) is 0 Å². The number of nitrogens with zero attached hydrogens (tertiary/aromatic N) is 4. The lowest BCUT2D eigenvalue weighted by molar-refractivity contribution is 0.415. The molecule has 2 aromatic heterocycles. The molecule has 0 spiro atoms. The molecule has 0 aliphatic carbocycles. The van der Waals surface area contributed by atoms with Crippen LogP contribution < -0.4 is 4.74 Å². The van der Waals surface area contributed by atoms with Gasteiger partial charge in [0, 0.05) is 11.8 Å². The van der Waals surface area contributed by atoms with Gasteiger partial charge in [0.2, 0.25) is 11.0 Å². The summed E-state index contributed by atoms with van der Waals surface area (Å²) in [4.78, 5) is 4.24. The van der Waals surface area contributed by atoms with Gasteiger partial charge in [-0.25, -0.2) is 4.98 Å². The van der Waals surface area contributed by atoms with Gasteiger partial charge in [0.25, 0.3) is 0 Å². The standard InChI is InChI=1S/C14H14N4O3S/c1-20-11-5-3-10(4-6-11)12-7-15-13(21-12)8-18-9-16-17-14(18)22(2)19/h3-7,9H,8H2,1-2H3/t22-/m1/s1. The summed E-state index contributed by atoms with van der Waals surface area (Å²) in [6, 6.07) is 7.51. The number of methoxy groups -OCH3 is 1. The van der Waals surface area contributed by atoms with Crippen LogP contribution in [0.25, 0.3) is 11.3 Å². The Hall–Kier alpha value is -2.48. The quantitative estimate of drug-likeness (QED) is 0.712. The summed E-state index contributed by atoms with van der Waals surface area (Å²) in [5.74, 6) is 1.94. The van der Waals surface area contributed by atoms with Gasteiger partial charge >= 0.3 is 0 Å². The first kappa shape index (κ1) is 14.5. The molecule has 0 unspecified atom stereocenters. The van der Waals surface area contributed by atoms with Crippen molar-refractivity contribution in [2.45, 2.75) is 11.7 Å². The van der Waals surface area contributed by atoms with Gasteiger partial charge in [-0.05, 0) is 24.3 Å². The van der Waals surface area contributed by atoms with Crippen LogP contribution in [0.3, 0.4) is 0 Å². The van der Waals surface area contributed by atoms with E-state index in [1.165, 1.54) is 6.33 Å². The fourth-order valence-electron chi connectivity index (χ4n) is 1.99. The van der Waals surface area contributed by atoms with E-state index < -0.39 is 10.8 Å². The number of hydrogen-bond acceptors (Lipinski definition) is 6. The summed E-state index contributed by atoms with van der Waals surface area (Å²) in [6.45, 7) is 0.331. The van der Waals surface area contributed by atoms with Crippen LogP contribution in [0.5, 0.6) is 5.75 Å². The third kappa shape index (κ3) is 2.91. The molecule has 0 bridgehead atoms. The third-order valence-corrected chi connectivity index (χ3v) is 3.90. The molecule has 1 aromatic carbocycles. The second-order valence-corrected chi connectivity index (χ2v) is 5.82. The lowest BCUT2D eigenvalue weighted by atomic mass is 10.2. The van der Waals surface area contributed by atoms with Crippen LogP contribution in [0.4, 0.5) is 0 Å². The maximum absolute atomic E-state index is 11.5. The molecule has 7 nitrogen and oxygen atoms in total. The van der Waals surface area contributed by atoms with Gasteiger partial charge in [0.15, 0.2) is 5.76 Å². The molecule has 0 saturated heterocycles. The lowest BCUT2D eigenvalue weighted by Crippen LogP contribution is -2.05. The van der Waals surface area contributed by atoms with E-state index in [-0.39, 0.29) is 0 Å². The Balaban J connectivity index is 1.81. The summed E-state index contributed by atoms with van der Waals surface area (Å²) in [7, 11) is 0.411. The van der Waals surface area contributed by atoms with Crippen LogP contribution in [0, 0.1) is 0 Å². The van der Waals surface area contributed by atoms with Crippen molar-refractivity contribution >= 4 is 10.8 Å². The number of benzene rings is 1. The zero-order chi connectivity index (χ0) is 15.5. The largest absolute Gasteiger partial charge is 0.497 e. The number of ether oxygens (including phenoxy) is 1. The molecular formula is C14H14N4O3S. The highest BCUT2D eigenvalue weighted by Crippen LogP contribution is 2.23. The van der Waals surface area contributed by atoms with Crippen molar-refractivity contribution in [2.24, 2.45) is 0 Å². The van der Waals surface area contributed by atoms with E-state index in [1.807, 2.05) is 24.3 Å². The highest BCUT2D eigenvalue weighted by molar-refractivity contribution is 7.84. The number of hydrogen-bond donors (Lipinski definition) is 0. The van der Waals surface area contributed by atoms with E-state index in [0.717, 1.165) is 11.3 Å². The Kier molecular flexibility index (Phi) is 4.01. The van der Waals surface area contributed by atoms with Gasteiger partial charge in [0.1, 0.15) is 18.6 Å². The molecule has 2 heterocycles. The Morgan fingerprint density at radius 3 is 2.77 bits per heavy atom. The average Bonchev–Trinajstić information content (AvgIpc) is 3.17. The van der Waals surface area contributed by atoms with Crippen molar-refractivity contribution in [1.82, 2.24) is 19.7 Å². The monoisotopic (exact) mass is 318 g/mol. The Morgan fingerprint density at radius 2 is 2.09 bits per heavy atom. The normalized spacial score (nSPS) is 12.3. The van der Waals surface area contributed by atoms with E-state index >= 15 is 0 Å². The van der Waals surface area contributed by atoms with Gasteiger partial charge in [0.05, 0.1) is 24.1 Å². The Bertz CT molecular complexity index is 795. The lowest BCUT2D eigenvalue weighted by Gasteiger charge is -2.01. The molecule has 22 heavy (non-hydrogen) atoms. The van der Waals surface area contributed by atoms with Crippen LogP contribution >= 0.6 is 0 Å². The van der Waals surface area contributed by atoms with Gasteiger partial charge in [-0.1, -0.05) is 0 Å². The fraction of sp³-hybridized carbons (Fsp3) is 0.214. The van der Waals surface area contributed by atoms with E-state index in [9.17, 15) is 4.21 Å². The Labute approximate surface area is 129 Å². The minimum atomic E-state index is -1.21. The van der Waals surface area contributed by atoms with Crippen molar-refractivity contribution in [2.75, 3.05) is 13.4 Å². The van der Waals surface area contributed by atoms with Crippen LogP contribution in [0.15, 0.2) is 46.4 Å². The zero-order valence-corrected chi connectivity index (χ0v) is 12.9. The average molecular weight is 318 g/mol. The third-order valence-electron chi connectivity index (χ3n) is 3.07. The molecule has 0 fully saturated rings. The first-order valence-corrected chi connectivity index (χ1v) is 8.03. The van der Waals surface area contributed by atoms with Gasteiger partial charge in [-0.3, -0.25) is 8.78 Å². The summed E-state index contributed by atoms with van der Waals surface area (Å²) in [5, 5.41) is 7.98. The minimum Gasteiger partial charge on any atom is -0.497 e. The molecule has 0 radical (unpaired) electrons. The molecule has 0 aliphatic rings. The zero-order valence-electron chi connectivity index (χ0n) is 12.1. The topological polar surface area (TPSA) is 83.0 Å². The van der Waals surface area contributed by atoms with Crippen molar-refractivity contribution in [3.8, 4) is 17.1 Å². The SMILES string of the molecule is COc1ccc(-c2cnc(Cn3cnnc3[S@@](C)=O)o2)cc1. The van der Waals surface area contributed by atoms with Gasteiger partial charge in [-0.2, -0.15) is 0 Å². The van der Waals surface area contributed by atoms with E-state index in [1.54, 1.807) is 24.1 Å². The highest BCUT2D eigenvalue weighted by Gasteiger charge is 2.12. The second-order valence-electron chi connectivity index (χ2n) is 4.54. The van der Waals surface area contributed by atoms with Crippen LogP contribution in [0.1, 0.15) is 5.89 Å². The minimum absolute atomic E-state index is 0.331. The molecule has 114 valence electrons. The summed E-state index contributed by atoms with van der Waals surface area (Å²) in [5.41, 5.74) is 0.905. The number of aromatic nitrogens is 4. The summed E-state index contributed by atoms with van der Waals surface area (Å²) >= 11 is 0. The predicted molar refractivity (Wildman–Crippen MR) is 79.9 cm³/mol. The molecule has 3 rings (SSSR count). The van der Waals surface area contributed by atoms with Gasteiger partial charge < -0.3 is 9.15 Å². The molecular weight excluding hydrogens is 304 g/mol. The van der Waals surface area contributed by atoms with Crippen molar-refractivity contribution in [3.05, 3.63) is 42.7 Å². The first-order chi connectivity index (χ1) is 10.7. The maximum atomic E-state index is 11.5. The maximum Gasteiger partial charge on any atom is 0.221 e. The first-order valence-electron chi connectivity index (χ1n) is 6.47. The summed E-state index contributed by atoms with van der Waals surface area (Å²) < 4.78 is 24.0. The molecule has 0 amide bonds. The second kappa shape index (κ2) is 6.10. The number of oxazole rings is 1. The predicted octanol–water partition coefficient (Wildman–Crippen LogP) is 1.73. The van der Waals surface area contributed by atoms with E-state index in [2.05, 4.69) is 15.2 Å². The fourth-order valence-corrected chi connectivity index (χ4v) is 2.60. The molecule has 8 heteroatoms. The number of rotatable bonds is 5. The van der Waals surface area contributed by atoms with Crippen LogP contribution in [-0.4, -0.2) is 37.3 Å². The molecule has 0 saturated carbocycles. The molecule has 0 N–H and O–H groups in total. The molecule has 1 atom stereocenters.